The number of nitrogens with one attached hydrogen (secondary N) is 1. The molecule has 2 aliphatic heterocycles. The van der Waals surface area contributed by atoms with Gasteiger partial charge < -0.3 is 10.2 Å². The topological polar surface area (TPSA) is 45.5 Å². The molecule has 5 heteroatoms. The summed E-state index contributed by atoms with van der Waals surface area (Å²) in [5, 5.41) is 8.11. The van der Waals surface area contributed by atoms with Crippen LogP contribution >= 0.6 is 0 Å². The summed E-state index contributed by atoms with van der Waals surface area (Å²) in [7, 11) is 0. The van der Waals surface area contributed by atoms with E-state index < -0.39 is 0 Å². The molecule has 1 N–H and O–H groups in total. The third-order valence-electron chi connectivity index (χ3n) is 4.50. The maximum absolute atomic E-state index is 4.94. The van der Waals surface area contributed by atoms with Gasteiger partial charge >= 0.3 is 0 Å². The van der Waals surface area contributed by atoms with Gasteiger partial charge in [0.2, 0.25) is 0 Å². The van der Waals surface area contributed by atoms with E-state index in [1.165, 1.54) is 29.1 Å². The van der Waals surface area contributed by atoms with Crippen LogP contribution in [0.5, 0.6) is 0 Å². The Hall–Kier alpha value is -1.62. The van der Waals surface area contributed by atoms with Gasteiger partial charge in [-0.05, 0) is 25.8 Å². The molecule has 0 aliphatic carbocycles. The molecule has 0 radical (unpaired) electrons. The number of aryl methyl sites for hydroxylation is 1. The van der Waals surface area contributed by atoms with Gasteiger partial charge in [0.05, 0.1) is 11.9 Å². The summed E-state index contributed by atoms with van der Waals surface area (Å²) in [6.07, 6.45) is 6.36. The lowest BCUT2D eigenvalue weighted by Crippen LogP contribution is -2.39. The third-order valence-corrected chi connectivity index (χ3v) is 4.50. The van der Waals surface area contributed by atoms with E-state index in [0.717, 1.165) is 51.1 Å². The predicted octanol–water partition coefficient (Wildman–Crippen LogP) is 1.19. The van der Waals surface area contributed by atoms with Crippen LogP contribution in [0.2, 0.25) is 0 Å². The van der Waals surface area contributed by atoms with Gasteiger partial charge in [-0.25, -0.2) is 4.98 Å². The smallest absolute Gasteiger partial charge is 0.160 e. The molecule has 0 unspecified atom stereocenters. The van der Waals surface area contributed by atoms with Crippen molar-refractivity contribution in [2.24, 2.45) is 0 Å². The summed E-state index contributed by atoms with van der Waals surface area (Å²) in [6, 6.07) is 0. The van der Waals surface area contributed by atoms with Gasteiger partial charge in [0.15, 0.2) is 5.65 Å². The molecule has 2 aromatic heterocycles. The fraction of sp³-hybridized carbons (Fsp3) is 0.600. The van der Waals surface area contributed by atoms with Crippen molar-refractivity contribution >= 4 is 11.5 Å². The van der Waals surface area contributed by atoms with Gasteiger partial charge in [-0.15, -0.1) is 0 Å². The van der Waals surface area contributed by atoms with Crippen LogP contribution < -0.4 is 10.2 Å². The predicted molar refractivity (Wildman–Crippen MR) is 79.5 cm³/mol. The number of fused-ring (bicyclic) bond motifs is 2. The van der Waals surface area contributed by atoms with Crippen LogP contribution in [0.3, 0.4) is 0 Å². The fourth-order valence-corrected chi connectivity index (χ4v) is 3.21. The number of rotatable bonds is 2. The molecule has 0 saturated carbocycles. The molecular weight excluding hydrogens is 250 g/mol. The highest BCUT2D eigenvalue weighted by Crippen LogP contribution is 2.30. The molecule has 0 atom stereocenters. The summed E-state index contributed by atoms with van der Waals surface area (Å²) in [6.45, 7) is 6.56. The van der Waals surface area contributed by atoms with Gasteiger partial charge in [-0.1, -0.05) is 6.92 Å². The Morgan fingerprint density at radius 3 is 2.85 bits per heavy atom. The van der Waals surface area contributed by atoms with Crippen LogP contribution in [0, 0.1) is 0 Å². The minimum atomic E-state index is 0.993. The number of hydrogen-bond acceptors (Lipinski definition) is 4. The first-order valence-electron chi connectivity index (χ1n) is 7.72. The van der Waals surface area contributed by atoms with Crippen molar-refractivity contribution in [3.05, 3.63) is 23.0 Å². The first-order chi connectivity index (χ1) is 9.88. The summed E-state index contributed by atoms with van der Waals surface area (Å²) in [5.41, 5.74) is 5.01. The van der Waals surface area contributed by atoms with Crippen LogP contribution in [-0.2, 0) is 19.3 Å². The third kappa shape index (κ3) is 1.73. The van der Waals surface area contributed by atoms with Gasteiger partial charge in [0, 0.05) is 37.2 Å². The fourth-order valence-electron chi connectivity index (χ4n) is 3.21. The minimum absolute atomic E-state index is 0.993. The van der Waals surface area contributed by atoms with Crippen molar-refractivity contribution < 1.29 is 0 Å². The Labute approximate surface area is 119 Å². The molecule has 2 aliphatic rings. The highest BCUT2D eigenvalue weighted by Gasteiger charge is 2.26. The van der Waals surface area contributed by atoms with E-state index in [9.17, 15) is 0 Å². The second kappa shape index (κ2) is 4.74. The molecule has 5 nitrogen and oxygen atoms in total. The zero-order valence-corrected chi connectivity index (χ0v) is 12.0. The van der Waals surface area contributed by atoms with Crippen LogP contribution in [0.25, 0.3) is 5.65 Å². The maximum atomic E-state index is 4.94. The standard InChI is InChI=1S/C15H21N5/c1-2-11-10-17-20-14(11)18-13-5-7-16-6-4-12(13)15(20)19-8-3-9-19/h10,16H,2-9H2,1H3. The zero-order chi connectivity index (χ0) is 13.5. The Morgan fingerprint density at radius 1 is 1.25 bits per heavy atom. The molecule has 0 aromatic carbocycles. The molecule has 0 amide bonds. The molecule has 2 aromatic rings. The lowest BCUT2D eigenvalue weighted by molar-refractivity contribution is 0.594. The van der Waals surface area contributed by atoms with Gasteiger partial charge in [-0.2, -0.15) is 9.61 Å². The van der Waals surface area contributed by atoms with E-state index in [1.807, 2.05) is 6.20 Å². The Bertz CT molecular complexity index is 641. The van der Waals surface area contributed by atoms with Crippen molar-refractivity contribution in [1.82, 2.24) is 19.9 Å². The van der Waals surface area contributed by atoms with Gasteiger partial charge in [0.1, 0.15) is 5.82 Å². The molecule has 1 saturated heterocycles. The van der Waals surface area contributed by atoms with Crippen molar-refractivity contribution in [3.8, 4) is 0 Å². The van der Waals surface area contributed by atoms with Crippen molar-refractivity contribution in [2.45, 2.75) is 32.6 Å². The summed E-state index contributed by atoms with van der Waals surface area (Å²) in [5.74, 6) is 1.31. The van der Waals surface area contributed by atoms with Crippen LogP contribution in [0.1, 0.15) is 30.2 Å². The van der Waals surface area contributed by atoms with E-state index in [-0.39, 0.29) is 0 Å². The lowest BCUT2D eigenvalue weighted by Gasteiger charge is -2.35. The molecule has 0 bridgehead atoms. The lowest BCUT2D eigenvalue weighted by atomic mass is 10.1. The highest BCUT2D eigenvalue weighted by molar-refractivity contribution is 5.61. The number of hydrogen-bond donors (Lipinski definition) is 1. The molecular formula is C15H21N5. The van der Waals surface area contributed by atoms with Gasteiger partial charge in [-0.3, -0.25) is 0 Å². The number of anilines is 1. The van der Waals surface area contributed by atoms with E-state index in [2.05, 4.69) is 26.8 Å². The summed E-state index contributed by atoms with van der Waals surface area (Å²) < 4.78 is 2.09. The number of aromatic nitrogens is 3. The zero-order valence-electron chi connectivity index (χ0n) is 12.0. The monoisotopic (exact) mass is 271 g/mol. The largest absolute Gasteiger partial charge is 0.356 e. The Kier molecular flexibility index (Phi) is 2.88. The van der Waals surface area contributed by atoms with E-state index in [4.69, 9.17) is 4.98 Å². The van der Waals surface area contributed by atoms with Crippen molar-refractivity contribution in [2.75, 3.05) is 31.1 Å². The average molecular weight is 271 g/mol. The first-order valence-corrected chi connectivity index (χ1v) is 7.72. The SMILES string of the molecule is CCc1cnn2c(N3CCC3)c3c(nc12)CCNCC3. The number of nitrogens with zero attached hydrogens (tertiary/aromatic N) is 4. The van der Waals surface area contributed by atoms with Crippen molar-refractivity contribution in [1.29, 1.82) is 0 Å². The average Bonchev–Trinajstić information content (AvgIpc) is 2.65. The molecule has 20 heavy (non-hydrogen) atoms. The minimum Gasteiger partial charge on any atom is -0.356 e. The van der Waals surface area contributed by atoms with E-state index in [1.54, 1.807) is 0 Å². The molecule has 106 valence electrons. The van der Waals surface area contributed by atoms with Crippen LogP contribution in [-0.4, -0.2) is 40.8 Å². The maximum Gasteiger partial charge on any atom is 0.160 e. The molecule has 4 rings (SSSR count). The van der Waals surface area contributed by atoms with Crippen LogP contribution in [0.15, 0.2) is 6.20 Å². The van der Waals surface area contributed by atoms with E-state index in [0.29, 0.717) is 0 Å². The quantitative estimate of drug-likeness (QED) is 0.891. The summed E-state index contributed by atoms with van der Waals surface area (Å²) >= 11 is 0. The Morgan fingerprint density at radius 2 is 2.10 bits per heavy atom. The Balaban J connectivity index is 1.98. The van der Waals surface area contributed by atoms with Crippen LogP contribution in [0.4, 0.5) is 5.82 Å². The molecule has 0 spiro atoms. The molecule has 4 heterocycles. The highest BCUT2D eigenvalue weighted by atomic mass is 15.4. The normalized spacial score (nSPS) is 18.8. The van der Waals surface area contributed by atoms with Gasteiger partial charge in [0.25, 0.3) is 0 Å². The first kappa shape index (κ1) is 12.1. The van der Waals surface area contributed by atoms with E-state index >= 15 is 0 Å². The second-order valence-electron chi connectivity index (χ2n) is 5.71. The second-order valence-corrected chi connectivity index (χ2v) is 5.71. The summed E-state index contributed by atoms with van der Waals surface area (Å²) in [4.78, 5) is 7.41. The van der Waals surface area contributed by atoms with Crippen molar-refractivity contribution in [3.63, 3.8) is 0 Å². The molecule has 1 fully saturated rings.